The van der Waals surface area contributed by atoms with Gasteiger partial charge in [0.15, 0.2) is 0 Å². The molecular formula is C18H30O5. The van der Waals surface area contributed by atoms with E-state index in [0.29, 0.717) is 5.57 Å². The smallest absolute Gasteiger partial charge is 0.341 e. The van der Waals surface area contributed by atoms with Crippen LogP contribution in [0.15, 0.2) is 11.1 Å². The van der Waals surface area contributed by atoms with Crippen molar-refractivity contribution >= 4 is 17.9 Å². The number of hydrogen-bond acceptors (Lipinski definition) is 4. The standard InChI is InChI=1S/C18H30O5/c1-14(2)15(3)18(22)23-17(21)13-11-9-7-5-4-6-8-10-12-16(19)20/h4-13H2,1-3H3,(H,19,20). The summed E-state index contributed by atoms with van der Waals surface area (Å²) in [6.07, 6.45) is 8.23. The number of hydrogen-bond donors (Lipinski definition) is 1. The highest BCUT2D eigenvalue weighted by molar-refractivity contribution is 5.96. The molecule has 0 spiro atoms. The first kappa shape index (κ1) is 21.4. The van der Waals surface area contributed by atoms with Gasteiger partial charge >= 0.3 is 17.9 Å². The first-order chi connectivity index (χ1) is 10.8. The van der Waals surface area contributed by atoms with Crippen LogP contribution in [0.5, 0.6) is 0 Å². The Labute approximate surface area is 139 Å². The molecule has 0 saturated carbocycles. The Morgan fingerprint density at radius 2 is 1.17 bits per heavy atom. The summed E-state index contributed by atoms with van der Waals surface area (Å²) in [5, 5.41) is 8.51. The summed E-state index contributed by atoms with van der Waals surface area (Å²) in [5.41, 5.74) is 1.34. The second kappa shape index (κ2) is 12.9. The van der Waals surface area contributed by atoms with Gasteiger partial charge in [-0.1, -0.05) is 44.1 Å². The lowest BCUT2D eigenvalue weighted by atomic mass is 10.1. The Balaban J connectivity index is 3.51. The molecule has 132 valence electrons. The number of carbonyl (C=O) groups is 3. The van der Waals surface area contributed by atoms with Crippen molar-refractivity contribution in [1.82, 2.24) is 0 Å². The SMILES string of the molecule is CC(C)=C(C)C(=O)OC(=O)CCCCCCCCCCC(=O)O. The van der Waals surface area contributed by atoms with E-state index in [4.69, 9.17) is 9.84 Å². The fourth-order valence-corrected chi connectivity index (χ4v) is 2.04. The van der Waals surface area contributed by atoms with E-state index in [-0.39, 0.29) is 12.8 Å². The van der Waals surface area contributed by atoms with Gasteiger partial charge in [-0.25, -0.2) is 4.79 Å². The van der Waals surface area contributed by atoms with Crippen LogP contribution in [-0.2, 0) is 19.1 Å². The number of esters is 2. The number of allylic oxidation sites excluding steroid dienone is 1. The van der Waals surface area contributed by atoms with Gasteiger partial charge in [0.25, 0.3) is 0 Å². The molecule has 0 unspecified atom stereocenters. The van der Waals surface area contributed by atoms with Crippen LogP contribution in [0.2, 0.25) is 0 Å². The maximum absolute atomic E-state index is 11.6. The normalized spacial score (nSPS) is 10.2. The van der Waals surface area contributed by atoms with E-state index in [0.717, 1.165) is 56.9 Å². The molecule has 0 rings (SSSR count). The second-order valence-electron chi connectivity index (χ2n) is 6.11. The minimum atomic E-state index is -0.727. The molecule has 0 aromatic rings. The number of ether oxygens (including phenoxy) is 1. The molecule has 5 nitrogen and oxygen atoms in total. The predicted molar refractivity (Wildman–Crippen MR) is 89.0 cm³/mol. The summed E-state index contributed by atoms with van der Waals surface area (Å²) in [4.78, 5) is 33.4. The maximum atomic E-state index is 11.6. The van der Waals surface area contributed by atoms with Crippen LogP contribution in [0.25, 0.3) is 0 Å². The average molecular weight is 326 g/mol. The number of carboxylic acid groups (broad SMARTS) is 1. The zero-order chi connectivity index (χ0) is 17.7. The Morgan fingerprint density at radius 3 is 1.61 bits per heavy atom. The van der Waals surface area contributed by atoms with Crippen molar-refractivity contribution in [2.24, 2.45) is 0 Å². The van der Waals surface area contributed by atoms with E-state index in [1.54, 1.807) is 6.92 Å². The zero-order valence-corrected chi connectivity index (χ0v) is 14.7. The van der Waals surface area contributed by atoms with Crippen LogP contribution < -0.4 is 0 Å². The molecule has 0 aromatic heterocycles. The van der Waals surface area contributed by atoms with Crippen molar-refractivity contribution < 1.29 is 24.2 Å². The summed E-state index contributed by atoms with van der Waals surface area (Å²) >= 11 is 0. The fourth-order valence-electron chi connectivity index (χ4n) is 2.04. The highest BCUT2D eigenvalue weighted by atomic mass is 16.6. The van der Waals surface area contributed by atoms with Crippen molar-refractivity contribution in [3.8, 4) is 0 Å². The van der Waals surface area contributed by atoms with Gasteiger partial charge in [-0.3, -0.25) is 9.59 Å². The second-order valence-corrected chi connectivity index (χ2v) is 6.11. The van der Waals surface area contributed by atoms with E-state index < -0.39 is 17.9 Å². The van der Waals surface area contributed by atoms with E-state index >= 15 is 0 Å². The molecule has 0 aliphatic heterocycles. The van der Waals surface area contributed by atoms with Gasteiger partial charge in [-0.15, -0.1) is 0 Å². The van der Waals surface area contributed by atoms with Gasteiger partial charge in [0.2, 0.25) is 0 Å². The molecule has 0 amide bonds. The lowest BCUT2D eigenvalue weighted by Gasteiger charge is -2.05. The Morgan fingerprint density at radius 1 is 0.739 bits per heavy atom. The van der Waals surface area contributed by atoms with Crippen molar-refractivity contribution in [3.05, 3.63) is 11.1 Å². The zero-order valence-electron chi connectivity index (χ0n) is 14.7. The minimum absolute atomic E-state index is 0.257. The molecule has 23 heavy (non-hydrogen) atoms. The van der Waals surface area contributed by atoms with Gasteiger partial charge in [0.05, 0.1) is 0 Å². The Kier molecular flexibility index (Phi) is 11.9. The molecular weight excluding hydrogens is 296 g/mol. The van der Waals surface area contributed by atoms with Gasteiger partial charge in [0, 0.05) is 18.4 Å². The largest absolute Gasteiger partial charge is 0.481 e. The van der Waals surface area contributed by atoms with Crippen LogP contribution in [0.4, 0.5) is 0 Å². The lowest BCUT2D eigenvalue weighted by molar-refractivity contribution is -0.157. The molecule has 0 heterocycles. The summed E-state index contributed by atoms with van der Waals surface area (Å²) < 4.78 is 4.78. The molecule has 0 aliphatic rings. The van der Waals surface area contributed by atoms with Crippen molar-refractivity contribution in [2.75, 3.05) is 0 Å². The van der Waals surface area contributed by atoms with Crippen molar-refractivity contribution in [3.63, 3.8) is 0 Å². The Hall–Kier alpha value is -1.65. The third-order valence-corrected chi connectivity index (χ3v) is 3.78. The number of carbonyl (C=O) groups excluding carboxylic acids is 2. The van der Waals surface area contributed by atoms with Crippen LogP contribution in [0.3, 0.4) is 0 Å². The lowest BCUT2D eigenvalue weighted by Crippen LogP contribution is -2.13. The van der Waals surface area contributed by atoms with Gasteiger partial charge < -0.3 is 9.84 Å². The van der Waals surface area contributed by atoms with E-state index in [2.05, 4.69) is 0 Å². The molecule has 0 saturated heterocycles. The third kappa shape index (κ3) is 12.6. The maximum Gasteiger partial charge on any atom is 0.341 e. The van der Waals surface area contributed by atoms with Crippen molar-refractivity contribution in [2.45, 2.75) is 85.0 Å². The quantitative estimate of drug-likeness (QED) is 0.249. The molecule has 0 aromatic carbocycles. The molecule has 5 heteroatoms. The molecule has 0 fully saturated rings. The fraction of sp³-hybridized carbons (Fsp3) is 0.722. The average Bonchev–Trinajstić information content (AvgIpc) is 2.47. The third-order valence-electron chi connectivity index (χ3n) is 3.78. The van der Waals surface area contributed by atoms with Crippen LogP contribution in [0, 0.1) is 0 Å². The van der Waals surface area contributed by atoms with Gasteiger partial charge in [-0.2, -0.15) is 0 Å². The molecule has 0 atom stereocenters. The number of rotatable bonds is 12. The Bertz CT molecular complexity index is 419. The molecule has 1 N–H and O–H groups in total. The van der Waals surface area contributed by atoms with Gasteiger partial charge in [-0.05, 0) is 33.6 Å². The molecule has 0 radical (unpaired) electrons. The van der Waals surface area contributed by atoms with E-state index in [1.807, 2.05) is 13.8 Å². The summed E-state index contributed by atoms with van der Waals surface area (Å²) in [5.74, 6) is -1.73. The first-order valence-corrected chi connectivity index (χ1v) is 8.45. The monoisotopic (exact) mass is 326 g/mol. The van der Waals surface area contributed by atoms with Crippen molar-refractivity contribution in [1.29, 1.82) is 0 Å². The number of carboxylic acids is 1. The van der Waals surface area contributed by atoms with Crippen LogP contribution in [-0.4, -0.2) is 23.0 Å². The van der Waals surface area contributed by atoms with E-state index in [1.165, 1.54) is 0 Å². The van der Waals surface area contributed by atoms with Crippen LogP contribution in [0.1, 0.15) is 85.0 Å². The van der Waals surface area contributed by atoms with Gasteiger partial charge in [0.1, 0.15) is 0 Å². The van der Waals surface area contributed by atoms with E-state index in [9.17, 15) is 14.4 Å². The number of unbranched alkanes of at least 4 members (excludes halogenated alkanes) is 7. The summed E-state index contributed by atoms with van der Waals surface area (Å²) in [6.45, 7) is 5.27. The highest BCUT2D eigenvalue weighted by Crippen LogP contribution is 2.11. The summed E-state index contributed by atoms with van der Waals surface area (Å²) in [6, 6.07) is 0. The minimum Gasteiger partial charge on any atom is -0.481 e. The summed E-state index contributed by atoms with van der Waals surface area (Å²) in [7, 11) is 0. The number of aliphatic carboxylic acids is 1. The molecule has 0 aliphatic carbocycles. The van der Waals surface area contributed by atoms with Crippen LogP contribution >= 0.6 is 0 Å². The molecule has 0 bridgehead atoms. The first-order valence-electron chi connectivity index (χ1n) is 8.45. The predicted octanol–water partition coefficient (Wildman–Crippen LogP) is 4.40. The highest BCUT2D eigenvalue weighted by Gasteiger charge is 2.12. The topological polar surface area (TPSA) is 80.7 Å².